The Morgan fingerprint density at radius 2 is 2.08 bits per heavy atom. The zero-order valence-corrected chi connectivity index (χ0v) is 14.7. The molecule has 0 aliphatic carbocycles. The Hall–Kier alpha value is -3.24. The number of nitrogens with zero attached hydrogens (tertiary/aromatic N) is 3. The maximum Gasteiger partial charge on any atom is 0.341 e. The number of carbonyl (C=O) groups is 1. The van der Waals surface area contributed by atoms with Crippen LogP contribution in [-0.2, 0) is 4.74 Å². The highest BCUT2D eigenvalue weighted by atomic mass is 35.5. The van der Waals surface area contributed by atoms with Gasteiger partial charge >= 0.3 is 5.97 Å². The smallest absolute Gasteiger partial charge is 0.341 e. The quantitative estimate of drug-likeness (QED) is 0.701. The molecular formula is C18H14ClFN4O2. The predicted molar refractivity (Wildman–Crippen MR) is 97.3 cm³/mol. The Kier molecular flexibility index (Phi) is 5.70. The van der Waals surface area contributed by atoms with E-state index < -0.39 is 11.8 Å². The number of aryl methyl sites for hydroxylation is 1. The van der Waals surface area contributed by atoms with Crippen molar-refractivity contribution in [2.75, 3.05) is 12.4 Å². The van der Waals surface area contributed by atoms with Gasteiger partial charge in [0.1, 0.15) is 17.4 Å². The van der Waals surface area contributed by atoms with E-state index in [9.17, 15) is 9.18 Å². The second-order valence-corrected chi connectivity index (χ2v) is 5.29. The first-order chi connectivity index (χ1) is 12.0. The number of carbonyl (C=O) groups excluding carboxylic acids is 1. The molecule has 26 heavy (non-hydrogen) atoms. The lowest BCUT2D eigenvalue weighted by Gasteiger charge is -2.14. The summed E-state index contributed by atoms with van der Waals surface area (Å²) in [5.74, 6) is -1.18. The minimum atomic E-state index is -0.613. The van der Waals surface area contributed by atoms with Gasteiger partial charge in [-0.25, -0.2) is 19.2 Å². The van der Waals surface area contributed by atoms with Gasteiger partial charge in [-0.1, -0.05) is 0 Å². The van der Waals surface area contributed by atoms with Crippen LogP contribution in [0.3, 0.4) is 0 Å². The molecule has 0 unspecified atom stereocenters. The predicted octanol–water partition coefficient (Wildman–Crippen LogP) is 3.90. The van der Waals surface area contributed by atoms with Crippen molar-refractivity contribution >= 4 is 40.8 Å². The van der Waals surface area contributed by atoms with Crippen molar-refractivity contribution in [3.05, 3.63) is 59.2 Å². The molecule has 2 aromatic heterocycles. The van der Waals surface area contributed by atoms with E-state index in [0.29, 0.717) is 22.4 Å². The van der Waals surface area contributed by atoms with Crippen LogP contribution in [0.15, 0.2) is 36.5 Å². The number of fused-ring (bicyclic) bond motifs is 1. The van der Waals surface area contributed by atoms with E-state index in [0.717, 1.165) is 5.69 Å². The fourth-order valence-electron chi connectivity index (χ4n) is 2.40. The molecule has 0 amide bonds. The lowest BCUT2D eigenvalue weighted by Crippen LogP contribution is -2.08. The standard InChI is InChI=1S/C18H13FN4O2.ClH/c1-10-3-5-13-16(14(18(24)25-2)9-21-17(13)22-10)23-12-4-6-15(19)11(7-12)8-20;/h3-7,9H,1-2H3,(H,21,22,23);1H. The number of nitrogens with one attached hydrogen (secondary N) is 1. The molecule has 6 nitrogen and oxygen atoms in total. The Morgan fingerprint density at radius 1 is 1.31 bits per heavy atom. The summed E-state index contributed by atoms with van der Waals surface area (Å²) in [5.41, 5.74) is 2.24. The van der Waals surface area contributed by atoms with Gasteiger partial charge in [-0.15, -0.1) is 12.4 Å². The highest BCUT2D eigenvalue weighted by molar-refractivity contribution is 6.05. The molecular weight excluding hydrogens is 359 g/mol. The lowest BCUT2D eigenvalue weighted by molar-refractivity contribution is 0.0601. The van der Waals surface area contributed by atoms with Crippen molar-refractivity contribution in [2.45, 2.75) is 6.92 Å². The molecule has 0 atom stereocenters. The fraction of sp³-hybridized carbons (Fsp3) is 0.111. The molecule has 2 heterocycles. The SMILES string of the molecule is COC(=O)c1cnc2nc(C)ccc2c1Nc1ccc(F)c(C#N)c1.Cl. The van der Waals surface area contributed by atoms with Crippen LogP contribution in [0, 0.1) is 24.1 Å². The van der Waals surface area contributed by atoms with Crippen LogP contribution in [-0.4, -0.2) is 23.0 Å². The molecule has 0 bridgehead atoms. The molecule has 8 heteroatoms. The van der Waals surface area contributed by atoms with Gasteiger partial charge in [-0.05, 0) is 37.3 Å². The van der Waals surface area contributed by atoms with Gasteiger partial charge in [0, 0.05) is 23.0 Å². The van der Waals surface area contributed by atoms with Crippen LogP contribution < -0.4 is 5.32 Å². The van der Waals surface area contributed by atoms with Crippen molar-refractivity contribution in [3.63, 3.8) is 0 Å². The maximum atomic E-state index is 13.5. The van der Waals surface area contributed by atoms with E-state index in [2.05, 4.69) is 15.3 Å². The second kappa shape index (κ2) is 7.76. The van der Waals surface area contributed by atoms with E-state index in [4.69, 9.17) is 10.00 Å². The van der Waals surface area contributed by atoms with Gasteiger partial charge in [0.25, 0.3) is 0 Å². The third kappa shape index (κ3) is 3.55. The Bertz CT molecular complexity index is 1030. The van der Waals surface area contributed by atoms with Crippen LogP contribution in [0.2, 0.25) is 0 Å². The molecule has 0 spiro atoms. The lowest BCUT2D eigenvalue weighted by atomic mass is 10.1. The van der Waals surface area contributed by atoms with Gasteiger partial charge in [0.2, 0.25) is 0 Å². The van der Waals surface area contributed by atoms with Gasteiger partial charge in [0.15, 0.2) is 5.65 Å². The van der Waals surface area contributed by atoms with Crippen LogP contribution in [0.4, 0.5) is 15.8 Å². The monoisotopic (exact) mass is 372 g/mol. The number of hydrogen-bond donors (Lipinski definition) is 1. The van der Waals surface area contributed by atoms with E-state index in [1.54, 1.807) is 18.2 Å². The largest absolute Gasteiger partial charge is 0.465 e. The van der Waals surface area contributed by atoms with Crippen molar-refractivity contribution in [1.82, 2.24) is 9.97 Å². The molecule has 1 N–H and O–H groups in total. The summed E-state index contributed by atoms with van der Waals surface area (Å²) in [6.07, 6.45) is 1.37. The van der Waals surface area contributed by atoms with Crippen molar-refractivity contribution in [1.29, 1.82) is 5.26 Å². The average molecular weight is 373 g/mol. The molecule has 0 radical (unpaired) electrons. The summed E-state index contributed by atoms with van der Waals surface area (Å²) < 4.78 is 18.3. The zero-order chi connectivity index (χ0) is 18.0. The number of pyridine rings is 2. The molecule has 0 saturated carbocycles. The van der Waals surface area contributed by atoms with E-state index in [-0.39, 0.29) is 23.5 Å². The summed E-state index contributed by atoms with van der Waals surface area (Å²) in [6.45, 7) is 1.83. The van der Waals surface area contributed by atoms with Crippen LogP contribution in [0.1, 0.15) is 21.6 Å². The van der Waals surface area contributed by atoms with Gasteiger partial charge in [-0.3, -0.25) is 0 Å². The summed E-state index contributed by atoms with van der Waals surface area (Å²) in [7, 11) is 1.27. The Morgan fingerprint density at radius 3 is 2.77 bits per heavy atom. The highest BCUT2D eigenvalue weighted by Gasteiger charge is 2.17. The number of esters is 1. The highest BCUT2D eigenvalue weighted by Crippen LogP contribution is 2.29. The number of benzene rings is 1. The minimum absolute atomic E-state index is 0. The first-order valence-electron chi connectivity index (χ1n) is 7.35. The Balaban J connectivity index is 0.00000243. The molecule has 3 rings (SSSR count). The number of halogens is 2. The van der Waals surface area contributed by atoms with E-state index in [1.807, 2.05) is 6.92 Å². The molecule has 1 aromatic carbocycles. The number of hydrogen-bond acceptors (Lipinski definition) is 6. The van der Waals surface area contributed by atoms with E-state index in [1.165, 1.54) is 31.5 Å². The molecule has 0 fully saturated rings. The summed E-state index contributed by atoms with van der Waals surface area (Å²) >= 11 is 0. The number of ether oxygens (including phenoxy) is 1. The first kappa shape index (κ1) is 19.1. The van der Waals surface area contributed by atoms with Crippen molar-refractivity contribution < 1.29 is 13.9 Å². The topological polar surface area (TPSA) is 87.9 Å². The van der Waals surface area contributed by atoms with Crippen LogP contribution in [0.5, 0.6) is 0 Å². The first-order valence-corrected chi connectivity index (χ1v) is 7.35. The molecule has 132 valence electrons. The maximum absolute atomic E-state index is 13.5. The summed E-state index contributed by atoms with van der Waals surface area (Å²) in [4.78, 5) is 20.6. The Labute approximate surface area is 155 Å². The van der Waals surface area contributed by atoms with E-state index >= 15 is 0 Å². The number of methoxy groups -OCH3 is 1. The van der Waals surface area contributed by atoms with Crippen LogP contribution >= 0.6 is 12.4 Å². The van der Waals surface area contributed by atoms with Gasteiger partial charge < -0.3 is 10.1 Å². The second-order valence-electron chi connectivity index (χ2n) is 5.29. The summed E-state index contributed by atoms with van der Waals surface area (Å²) in [6, 6.07) is 9.39. The summed E-state index contributed by atoms with van der Waals surface area (Å²) in [5, 5.41) is 12.6. The minimum Gasteiger partial charge on any atom is -0.465 e. The number of nitriles is 1. The normalized spacial score (nSPS) is 9.92. The van der Waals surface area contributed by atoms with Crippen molar-refractivity contribution in [3.8, 4) is 6.07 Å². The third-order valence-corrected chi connectivity index (χ3v) is 3.63. The molecule has 3 aromatic rings. The van der Waals surface area contributed by atoms with Gasteiger partial charge in [-0.2, -0.15) is 5.26 Å². The van der Waals surface area contributed by atoms with Crippen molar-refractivity contribution in [2.24, 2.45) is 0 Å². The number of rotatable bonds is 3. The van der Waals surface area contributed by atoms with Gasteiger partial charge in [0.05, 0.1) is 18.4 Å². The molecule has 0 aliphatic heterocycles. The number of aromatic nitrogens is 2. The molecule has 0 aliphatic rings. The van der Waals surface area contributed by atoms with Crippen LogP contribution in [0.25, 0.3) is 11.0 Å². The fourth-order valence-corrected chi connectivity index (χ4v) is 2.40. The third-order valence-electron chi connectivity index (χ3n) is 3.63. The molecule has 0 saturated heterocycles. The average Bonchev–Trinajstić information content (AvgIpc) is 2.62. The zero-order valence-electron chi connectivity index (χ0n) is 13.9. The number of anilines is 2.